The van der Waals surface area contributed by atoms with Crippen molar-refractivity contribution in [3.8, 4) is 0 Å². The lowest BCUT2D eigenvalue weighted by Crippen LogP contribution is -2.27. The molecule has 0 spiro atoms. The molecular weight excluding hydrogens is 258 g/mol. The van der Waals surface area contributed by atoms with Crippen LogP contribution < -0.4 is 0 Å². The summed E-state index contributed by atoms with van der Waals surface area (Å²) in [4.78, 5) is 4.40. The molecule has 0 aliphatic carbocycles. The van der Waals surface area contributed by atoms with E-state index < -0.39 is 5.60 Å². The number of pyridine rings is 1. The second-order valence-corrected chi connectivity index (χ2v) is 5.39. The molecule has 3 rings (SSSR count). The molecule has 1 unspecified atom stereocenters. The van der Waals surface area contributed by atoms with Crippen molar-refractivity contribution in [3.63, 3.8) is 0 Å². The Hall–Kier alpha value is -2.19. The van der Waals surface area contributed by atoms with E-state index in [0.717, 1.165) is 28.5 Å². The highest BCUT2D eigenvalue weighted by atomic mass is 16.3. The van der Waals surface area contributed by atoms with Crippen molar-refractivity contribution in [2.45, 2.75) is 25.4 Å². The van der Waals surface area contributed by atoms with Gasteiger partial charge in [-0.05, 0) is 29.7 Å². The first-order valence-corrected chi connectivity index (χ1v) is 7.37. The fourth-order valence-electron chi connectivity index (χ4n) is 2.85. The van der Waals surface area contributed by atoms with Gasteiger partial charge in [0.2, 0.25) is 0 Å². The lowest BCUT2D eigenvalue weighted by molar-refractivity contribution is 0.0703. The second kappa shape index (κ2) is 5.66. The van der Waals surface area contributed by atoms with E-state index in [0.29, 0.717) is 6.42 Å². The lowest BCUT2D eigenvalue weighted by atomic mass is 9.82. The summed E-state index contributed by atoms with van der Waals surface area (Å²) in [6.07, 6.45) is 3.38. The number of aromatic nitrogens is 1. The van der Waals surface area contributed by atoms with Crippen LogP contribution in [0.3, 0.4) is 0 Å². The molecule has 0 saturated carbocycles. The van der Waals surface area contributed by atoms with Gasteiger partial charge < -0.3 is 5.11 Å². The van der Waals surface area contributed by atoms with E-state index in [4.69, 9.17) is 0 Å². The second-order valence-electron chi connectivity index (χ2n) is 5.39. The highest BCUT2D eigenvalue weighted by Crippen LogP contribution is 2.35. The number of aliphatic hydroxyl groups is 1. The summed E-state index contributed by atoms with van der Waals surface area (Å²) >= 11 is 0. The van der Waals surface area contributed by atoms with Crippen LogP contribution in [0.4, 0.5) is 0 Å². The Morgan fingerprint density at radius 1 is 0.952 bits per heavy atom. The summed E-state index contributed by atoms with van der Waals surface area (Å²) in [5.74, 6) is 0. The predicted molar refractivity (Wildman–Crippen MR) is 86.1 cm³/mol. The molecule has 0 bridgehead atoms. The van der Waals surface area contributed by atoms with Crippen molar-refractivity contribution in [1.82, 2.24) is 4.98 Å². The van der Waals surface area contributed by atoms with Crippen LogP contribution >= 0.6 is 0 Å². The number of nitrogens with zero attached hydrogens (tertiary/aromatic N) is 1. The van der Waals surface area contributed by atoms with Crippen LogP contribution in [-0.2, 0) is 5.60 Å². The summed E-state index contributed by atoms with van der Waals surface area (Å²) in [6, 6.07) is 19.9. The molecule has 21 heavy (non-hydrogen) atoms. The zero-order chi connectivity index (χ0) is 14.7. The van der Waals surface area contributed by atoms with Crippen LogP contribution in [0.15, 0.2) is 66.9 Å². The maximum absolute atomic E-state index is 11.3. The summed E-state index contributed by atoms with van der Waals surface area (Å²) in [6.45, 7) is 2.09. The van der Waals surface area contributed by atoms with Gasteiger partial charge in [0.25, 0.3) is 0 Å². The van der Waals surface area contributed by atoms with Crippen LogP contribution in [0.2, 0.25) is 0 Å². The summed E-state index contributed by atoms with van der Waals surface area (Å²) < 4.78 is 0. The monoisotopic (exact) mass is 277 g/mol. The first kappa shape index (κ1) is 13.8. The molecule has 1 N–H and O–H groups in total. The van der Waals surface area contributed by atoms with Crippen LogP contribution in [0, 0.1) is 0 Å². The molecule has 2 aromatic carbocycles. The minimum absolute atomic E-state index is 0.690. The maximum Gasteiger partial charge on any atom is 0.115 e. The molecule has 1 heterocycles. The van der Waals surface area contributed by atoms with E-state index in [1.807, 2.05) is 60.7 Å². The fraction of sp³-hybridized carbons (Fsp3) is 0.211. The molecular formula is C19H19NO. The van der Waals surface area contributed by atoms with Crippen molar-refractivity contribution in [2.24, 2.45) is 0 Å². The van der Waals surface area contributed by atoms with Gasteiger partial charge in [-0.15, -0.1) is 0 Å². The van der Waals surface area contributed by atoms with E-state index in [1.54, 1.807) is 6.20 Å². The topological polar surface area (TPSA) is 33.1 Å². The van der Waals surface area contributed by atoms with E-state index in [9.17, 15) is 5.11 Å². The standard InChI is InChI=1S/C19H19NO/c1-2-12-19(21,16-8-4-3-5-9-16)17-11-10-15-7-6-13-20-18(15)14-17/h3-11,13-14,21H,2,12H2,1H3. The Morgan fingerprint density at radius 3 is 2.52 bits per heavy atom. The first-order chi connectivity index (χ1) is 10.2. The van der Waals surface area contributed by atoms with E-state index in [-0.39, 0.29) is 0 Å². The lowest BCUT2D eigenvalue weighted by Gasteiger charge is -2.29. The van der Waals surface area contributed by atoms with Gasteiger partial charge in [-0.1, -0.05) is 61.9 Å². The number of benzene rings is 2. The van der Waals surface area contributed by atoms with Crippen molar-refractivity contribution in [1.29, 1.82) is 0 Å². The van der Waals surface area contributed by atoms with Gasteiger partial charge in [0.05, 0.1) is 5.52 Å². The van der Waals surface area contributed by atoms with E-state index in [2.05, 4.69) is 11.9 Å². The number of hydrogen-bond acceptors (Lipinski definition) is 2. The summed E-state index contributed by atoms with van der Waals surface area (Å²) in [5, 5.41) is 12.4. The van der Waals surface area contributed by atoms with Gasteiger partial charge in [-0.3, -0.25) is 4.98 Å². The van der Waals surface area contributed by atoms with Gasteiger partial charge in [-0.2, -0.15) is 0 Å². The predicted octanol–water partition coefficient (Wildman–Crippen LogP) is 4.27. The highest BCUT2D eigenvalue weighted by molar-refractivity contribution is 5.79. The Kier molecular flexibility index (Phi) is 3.72. The Labute approximate surface area is 125 Å². The molecule has 1 atom stereocenters. The molecule has 0 aliphatic heterocycles. The summed E-state index contributed by atoms with van der Waals surface area (Å²) in [5.41, 5.74) is 1.80. The largest absolute Gasteiger partial charge is 0.380 e. The minimum atomic E-state index is -0.957. The van der Waals surface area contributed by atoms with Gasteiger partial charge in [-0.25, -0.2) is 0 Å². The Bertz CT molecular complexity index is 739. The third kappa shape index (κ3) is 2.55. The Balaban J connectivity index is 2.15. The van der Waals surface area contributed by atoms with Crippen LogP contribution in [0.25, 0.3) is 10.9 Å². The smallest absolute Gasteiger partial charge is 0.115 e. The molecule has 0 amide bonds. The molecule has 1 aromatic heterocycles. The van der Waals surface area contributed by atoms with Crippen LogP contribution in [-0.4, -0.2) is 10.1 Å². The van der Waals surface area contributed by atoms with Gasteiger partial charge in [0.1, 0.15) is 5.60 Å². The molecule has 3 aromatic rings. The van der Waals surface area contributed by atoms with E-state index >= 15 is 0 Å². The molecule has 2 nitrogen and oxygen atoms in total. The molecule has 0 aliphatic rings. The zero-order valence-electron chi connectivity index (χ0n) is 12.2. The van der Waals surface area contributed by atoms with Crippen molar-refractivity contribution >= 4 is 10.9 Å². The molecule has 106 valence electrons. The summed E-state index contributed by atoms with van der Waals surface area (Å²) in [7, 11) is 0. The van der Waals surface area contributed by atoms with Crippen molar-refractivity contribution in [3.05, 3.63) is 78.0 Å². The zero-order valence-corrected chi connectivity index (χ0v) is 12.2. The first-order valence-electron chi connectivity index (χ1n) is 7.37. The molecule has 2 heteroatoms. The van der Waals surface area contributed by atoms with Crippen LogP contribution in [0.1, 0.15) is 30.9 Å². The third-order valence-corrected chi connectivity index (χ3v) is 3.95. The van der Waals surface area contributed by atoms with Gasteiger partial charge >= 0.3 is 0 Å². The highest BCUT2D eigenvalue weighted by Gasteiger charge is 2.30. The number of hydrogen-bond donors (Lipinski definition) is 1. The maximum atomic E-state index is 11.3. The fourth-order valence-corrected chi connectivity index (χ4v) is 2.85. The number of fused-ring (bicyclic) bond motifs is 1. The van der Waals surface area contributed by atoms with Crippen LogP contribution in [0.5, 0.6) is 0 Å². The molecule has 0 radical (unpaired) electrons. The third-order valence-electron chi connectivity index (χ3n) is 3.95. The van der Waals surface area contributed by atoms with E-state index in [1.165, 1.54) is 0 Å². The van der Waals surface area contributed by atoms with Gasteiger partial charge in [0.15, 0.2) is 0 Å². The average Bonchev–Trinajstić information content (AvgIpc) is 2.55. The molecule has 0 fully saturated rings. The molecule has 0 saturated heterocycles. The normalized spacial score (nSPS) is 14.0. The average molecular weight is 277 g/mol. The SMILES string of the molecule is CCCC(O)(c1ccccc1)c1ccc2cccnc2c1. The number of rotatable bonds is 4. The quantitative estimate of drug-likeness (QED) is 0.772. The van der Waals surface area contributed by atoms with Crippen molar-refractivity contribution < 1.29 is 5.11 Å². The minimum Gasteiger partial charge on any atom is -0.380 e. The van der Waals surface area contributed by atoms with Crippen molar-refractivity contribution in [2.75, 3.05) is 0 Å². The Morgan fingerprint density at radius 2 is 1.76 bits per heavy atom. The van der Waals surface area contributed by atoms with Gasteiger partial charge in [0, 0.05) is 11.6 Å².